The SMILES string of the molecule is CC[C@]1(n2ccc3c(N)ncnc32)C[C@H](CO)[C@H]2OC(C)(C)O[C@H]21. The van der Waals surface area contributed by atoms with Gasteiger partial charge in [-0.1, -0.05) is 6.92 Å². The quantitative estimate of drug-likeness (QED) is 0.887. The average molecular weight is 332 g/mol. The summed E-state index contributed by atoms with van der Waals surface area (Å²) in [6.45, 7) is 6.07. The number of nitrogens with two attached hydrogens (primary N) is 1. The molecule has 0 bridgehead atoms. The van der Waals surface area contributed by atoms with Crippen LogP contribution >= 0.6 is 0 Å². The number of nitrogens with zero attached hydrogens (tertiary/aromatic N) is 3. The molecule has 2 aliphatic rings. The van der Waals surface area contributed by atoms with E-state index in [1.54, 1.807) is 0 Å². The maximum absolute atomic E-state index is 9.88. The summed E-state index contributed by atoms with van der Waals surface area (Å²) in [6.07, 6.45) is 4.86. The molecule has 0 radical (unpaired) electrons. The summed E-state index contributed by atoms with van der Waals surface area (Å²) >= 11 is 0. The molecule has 1 aliphatic carbocycles. The smallest absolute Gasteiger partial charge is 0.163 e. The van der Waals surface area contributed by atoms with Crippen LogP contribution in [0.15, 0.2) is 18.6 Å². The topological polar surface area (TPSA) is 95.4 Å². The lowest BCUT2D eigenvalue weighted by atomic mass is 9.90. The maximum Gasteiger partial charge on any atom is 0.163 e. The highest BCUT2D eigenvalue weighted by Crippen LogP contribution is 2.52. The Morgan fingerprint density at radius 3 is 2.88 bits per heavy atom. The number of hydrogen-bond acceptors (Lipinski definition) is 6. The van der Waals surface area contributed by atoms with E-state index in [2.05, 4.69) is 21.5 Å². The lowest BCUT2D eigenvalue weighted by Gasteiger charge is -2.36. The summed E-state index contributed by atoms with van der Waals surface area (Å²) in [6, 6.07) is 1.95. The van der Waals surface area contributed by atoms with Crippen LogP contribution in [0, 0.1) is 5.92 Å². The summed E-state index contributed by atoms with van der Waals surface area (Å²) in [5.41, 5.74) is 6.47. The van der Waals surface area contributed by atoms with Crippen molar-refractivity contribution in [2.45, 2.75) is 57.1 Å². The second-order valence-electron chi connectivity index (χ2n) is 7.31. The van der Waals surface area contributed by atoms with Gasteiger partial charge in [0.05, 0.1) is 17.0 Å². The molecule has 4 rings (SSSR count). The van der Waals surface area contributed by atoms with E-state index < -0.39 is 5.79 Å². The average Bonchev–Trinajstić information content (AvgIpc) is 3.18. The Labute approximate surface area is 140 Å². The second kappa shape index (κ2) is 5.15. The molecular weight excluding hydrogens is 308 g/mol. The summed E-state index contributed by atoms with van der Waals surface area (Å²) in [5.74, 6) is -0.142. The van der Waals surface area contributed by atoms with E-state index >= 15 is 0 Å². The van der Waals surface area contributed by atoms with Gasteiger partial charge in [-0.05, 0) is 32.8 Å². The number of anilines is 1. The van der Waals surface area contributed by atoms with Crippen molar-refractivity contribution in [3.05, 3.63) is 18.6 Å². The van der Waals surface area contributed by atoms with Crippen molar-refractivity contribution in [3.8, 4) is 0 Å². The minimum Gasteiger partial charge on any atom is -0.396 e. The molecule has 0 amide bonds. The molecule has 0 spiro atoms. The Bertz CT molecular complexity index is 774. The number of aromatic nitrogens is 3. The minimum absolute atomic E-state index is 0.0355. The van der Waals surface area contributed by atoms with Gasteiger partial charge < -0.3 is 24.9 Å². The minimum atomic E-state index is -0.652. The van der Waals surface area contributed by atoms with Gasteiger partial charge >= 0.3 is 0 Å². The number of aliphatic hydroxyl groups excluding tert-OH is 1. The monoisotopic (exact) mass is 332 g/mol. The predicted octanol–water partition coefficient (Wildman–Crippen LogP) is 1.65. The molecule has 24 heavy (non-hydrogen) atoms. The molecule has 3 N–H and O–H groups in total. The third kappa shape index (κ3) is 2.01. The van der Waals surface area contributed by atoms with Crippen LogP contribution in [0.2, 0.25) is 0 Å². The van der Waals surface area contributed by atoms with Gasteiger partial charge in [0, 0.05) is 18.7 Å². The van der Waals surface area contributed by atoms with Crippen molar-refractivity contribution in [1.82, 2.24) is 14.5 Å². The standard InChI is InChI=1S/C17H24N4O3/c1-4-17(21-6-5-11-14(18)19-9-20-15(11)21)7-10(8-22)12-13(17)24-16(2,3)23-12/h5-6,9-10,12-13,22H,4,7-8H2,1-3H3,(H2,18,19,20)/t10-,12-,13-,17+/m1/s1. The van der Waals surface area contributed by atoms with E-state index in [0.29, 0.717) is 5.82 Å². The van der Waals surface area contributed by atoms with Crippen LogP contribution in [0.5, 0.6) is 0 Å². The van der Waals surface area contributed by atoms with Crippen molar-refractivity contribution in [1.29, 1.82) is 0 Å². The summed E-state index contributed by atoms with van der Waals surface area (Å²) < 4.78 is 14.6. The number of rotatable bonds is 3. The molecular formula is C17H24N4O3. The highest BCUT2D eigenvalue weighted by atomic mass is 16.8. The molecule has 7 heteroatoms. The van der Waals surface area contributed by atoms with Gasteiger partial charge in [-0.3, -0.25) is 0 Å². The van der Waals surface area contributed by atoms with Crippen LogP contribution in [0.1, 0.15) is 33.6 Å². The fourth-order valence-corrected chi connectivity index (χ4v) is 4.49. The molecule has 0 aromatic carbocycles. The van der Waals surface area contributed by atoms with Crippen LogP contribution in [-0.4, -0.2) is 44.2 Å². The molecule has 0 unspecified atom stereocenters. The van der Waals surface area contributed by atoms with E-state index in [1.807, 2.05) is 26.1 Å². The van der Waals surface area contributed by atoms with Crippen molar-refractivity contribution < 1.29 is 14.6 Å². The van der Waals surface area contributed by atoms with Crippen molar-refractivity contribution in [2.24, 2.45) is 5.92 Å². The van der Waals surface area contributed by atoms with Crippen molar-refractivity contribution in [2.75, 3.05) is 12.3 Å². The zero-order chi connectivity index (χ0) is 17.1. The zero-order valence-corrected chi connectivity index (χ0v) is 14.3. The van der Waals surface area contributed by atoms with Crippen LogP contribution in [-0.2, 0) is 15.0 Å². The Kier molecular flexibility index (Phi) is 3.39. The van der Waals surface area contributed by atoms with Crippen LogP contribution < -0.4 is 5.73 Å². The number of hydrogen-bond donors (Lipinski definition) is 2. The summed E-state index contributed by atoms with van der Waals surface area (Å²) in [4.78, 5) is 8.53. The third-order valence-electron chi connectivity index (χ3n) is 5.58. The predicted molar refractivity (Wildman–Crippen MR) is 89.2 cm³/mol. The van der Waals surface area contributed by atoms with E-state index in [0.717, 1.165) is 23.9 Å². The molecule has 1 saturated carbocycles. The largest absolute Gasteiger partial charge is 0.396 e. The van der Waals surface area contributed by atoms with Gasteiger partial charge in [-0.2, -0.15) is 0 Å². The molecule has 4 atom stereocenters. The van der Waals surface area contributed by atoms with Crippen molar-refractivity contribution >= 4 is 16.9 Å². The normalized spacial score (nSPS) is 34.8. The molecule has 130 valence electrons. The number of fused-ring (bicyclic) bond motifs is 2. The van der Waals surface area contributed by atoms with E-state index in [4.69, 9.17) is 15.2 Å². The van der Waals surface area contributed by atoms with Crippen LogP contribution in [0.3, 0.4) is 0 Å². The first-order valence-corrected chi connectivity index (χ1v) is 8.46. The number of ether oxygens (including phenoxy) is 2. The molecule has 1 aliphatic heterocycles. The summed E-state index contributed by atoms with van der Waals surface area (Å²) in [5, 5.41) is 10.7. The Morgan fingerprint density at radius 1 is 1.38 bits per heavy atom. The summed E-state index contributed by atoms with van der Waals surface area (Å²) in [7, 11) is 0. The first kappa shape index (κ1) is 15.8. The zero-order valence-electron chi connectivity index (χ0n) is 14.3. The first-order chi connectivity index (χ1) is 11.4. The highest BCUT2D eigenvalue weighted by Gasteiger charge is 2.61. The molecule has 3 heterocycles. The van der Waals surface area contributed by atoms with Gasteiger partial charge in [-0.15, -0.1) is 0 Å². The molecule has 2 aromatic rings. The van der Waals surface area contributed by atoms with E-state index in [9.17, 15) is 5.11 Å². The van der Waals surface area contributed by atoms with Gasteiger partial charge in [0.2, 0.25) is 0 Å². The lowest BCUT2D eigenvalue weighted by Crippen LogP contribution is -2.44. The fraction of sp³-hybridized carbons (Fsp3) is 0.647. The van der Waals surface area contributed by atoms with E-state index in [-0.39, 0.29) is 30.3 Å². The van der Waals surface area contributed by atoms with Gasteiger partial charge in [0.15, 0.2) is 5.79 Å². The highest BCUT2D eigenvalue weighted by molar-refractivity contribution is 5.86. The number of aliphatic hydroxyl groups is 1. The van der Waals surface area contributed by atoms with Gasteiger partial charge in [0.25, 0.3) is 0 Å². The second-order valence-corrected chi connectivity index (χ2v) is 7.31. The number of nitrogen functional groups attached to an aromatic ring is 1. The maximum atomic E-state index is 9.88. The van der Waals surface area contributed by atoms with Gasteiger partial charge in [0.1, 0.15) is 23.9 Å². The fourth-order valence-electron chi connectivity index (χ4n) is 4.49. The van der Waals surface area contributed by atoms with Gasteiger partial charge in [-0.25, -0.2) is 9.97 Å². The Hall–Kier alpha value is -1.70. The molecule has 7 nitrogen and oxygen atoms in total. The van der Waals surface area contributed by atoms with Crippen LogP contribution in [0.25, 0.3) is 11.0 Å². The van der Waals surface area contributed by atoms with Crippen molar-refractivity contribution in [3.63, 3.8) is 0 Å². The molecule has 2 fully saturated rings. The molecule has 2 aromatic heterocycles. The van der Waals surface area contributed by atoms with Crippen LogP contribution in [0.4, 0.5) is 5.82 Å². The lowest BCUT2D eigenvalue weighted by molar-refractivity contribution is -0.169. The Morgan fingerprint density at radius 2 is 2.17 bits per heavy atom. The first-order valence-electron chi connectivity index (χ1n) is 8.46. The van der Waals surface area contributed by atoms with E-state index in [1.165, 1.54) is 6.33 Å². The third-order valence-corrected chi connectivity index (χ3v) is 5.58. The Balaban J connectivity index is 1.88. The molecule has 1 saturated heterocycles.